The van der Waals surface area contributed by atoms with Gasteiger partial charge in [-0.15, -0.1) is 11.3 Å². The number of rotatable bonds is 4. The summed E-state index contributed by atoms with van der Waals surface area (Å²) < 4.78 is 10.8. The summed E-state index contributed by atoms with van der Waals surface area (Å²) in [4.78, 5) is 10.1. The van der Waals surface area contributed by atoms with Crippen LogP contribution in [-0.2, 0) is 0 Å². The first-order valence-electron chi connectivity index (χ1n) is 17.9. The summed E-state index contributed by atoms with van der Waals surface area (Å²) in [7, 11) is 0. The van der Waals surface area contributed by atoms with Gasteiger partial charge in [0.2, 0.25) is 0 Å². The van der Waals surface area contributed by atoms with Crippen molar-refractivity contribution < 1.29 is 4.42 Å². The van der Waals surface area contributed by atoms with Crippen molar-refractivity contribution in [3.05, 3.63) is 163 Å². The Morgan fingerprint density at radius 2 is 1.20 bits per heavy atom. The van der Waals surface area contributed by atoms with E-state index in [1.807, 2.05) is 84.9 Å². The van der Waals surface area contributed by atoms with Gasteiger partial charge in [-0.05, 0) is 42.5 Å². The van der Waals surface area contributed by atoms with E-state index in [0.29, 0.717) is 33.9 Å². The van der Waals surface area contributed by atoms with Crippen LogP contribution in [0, 0.1) is 22.7 Å². The molecule has 0 fully saturated rings. The highest BCUT2D eigenvalue weighted by atomic mass is 32.1. The third-order valence-corrected chi connectivity index (χ3v) is 11.6. The molecule has 4 aromatic heterocycles. The summed E-state index contributed by atoms with van der Waals surface area (Å²) in [5.41, 5.74) is 8.36. The zero-order chi connectivity index (χ0) is 36.6. The lowest BCUT2D eigenvalue weighted by Crippen LogP contribution is -2.02. The van der Waals surface area contributed by atoms with E-state index in [9.17, 15) is 10.5 Å². The Morgan fingerprint density at radius 1 is 0.491 bits per heavy atom. The molecule has 11 aromatic rings. The zero-order valence-electron chi connectivity index (χ0n) is 29.0. The molecular formula is C48H25N5OS. The van der Waals surface area contributed by atoms with Crippen molar-refractivity contribution in [3.63, 3.8) is 0 Å². The standard InChI is InChI=1S/C48H25N5OS/c49-26-31-22-29(19-21-39(31)53-40-15-7-4-12-32(40)36-24-37-33-13-5-8-16-42(33)54-43(37)25-41(36)53)47-38(27-50)46(28-10-2-1-3-11-28)51-48(52-47)30-18-20-35-34-14-6-9-17-44(34)55-45(35)23-30/h1-25H. The molecule has 55 heavy (non-hydrogen) atoms. The Hall–Kier alpha value is -7.58. The molecule has 11 rings (SSSR count). The minimum absolute atomic E-state index is 0.346. The third kappa shape index (κ3) is 4.71. The molecule has 0 aliphatic carbocycles. The summed E-state index contributed by atoms with van der Waals surface area (Å²) in [6.07, 6.45) is 0. The Bertz CT molecular complexity index is 3470. The fourth-order valence-corrected chi connectivity index (χ4v) is 9.13. The quantitative estimate of drug-likeness (QED) is 0.181. The largest absolute Gasteiger partial charge is 0.456 e. The Balaban J connectivity index is 1.13. The van der Waals surface area contributed by atoms with Crippen LogP contribution in [-0.4, -0.2) is 14.5 Å². The van der Waals surface area contributed by atoms with Crippen LogP contribution in [0.5, 0.6) is 0 Å². The van der Waals surface area contributed by atoms with Crippen molar-refractivity contribution >= 4 is 75.3 Å². The first kappa shape index (κ1) is 31.0. The van der Waals surface area contributed by atoms with Crippen LogP contribution in [0.2, 0.25) is 0 Å². The van der Waals surface area contributed by atoms with Gasteiger partial charge in [-0.3, -0.25) is 0 Å². The second-order valence-electron chi connectivity index (χ2n) is 13.6. The predicted octanol–water partition coefficient (Wildman–Crippen LogP) is 12.6. The number of para-hydroxylation sites is 2. The maximum atomic E-state index is 10.8. The number of hydrogen-bond donors (Lipinski definition) is 0. The molecular weight excluding hydrogens is 695 g/mol. The van der Waals surface area contributed by atoms with Crippen LogP contribution in [0.3, 0.4) is 0 Å². The predicted molar refractivity (Wildman–Crippen MR) is 222 cm³/mol. The number of fused-ring (bicyclic) bond motifs is 9. The van der Waals surface area contributed by atoms with Crippen LogP contribution in [0.15, 0.2) is 156 Å². The van der Waals surface area contributed by atoms with Crippen LogP contribution in [0.25, 0.3) is 104 Å². The first-order valence-corrected chi connectivity index (χ1v) is 18.7. The number of nitrogens with zero attached hydrogens (tertiary/aromatic N) is 5. The van der Waals surface area contributed by atoms with Crippen molar-refractivity contribution in [2.45, 2.75) is 0 Å². The van der Waals surface area contributed by atoms with Crippen molar-refractivity contribution in [1.29, 1.82) is 10.5 Å². The fraction of sp³-hybridized carbons (Fsp3) is 0. The highest BCUT2D eigenvalue weighted by Gasteiger charge is 2.22. The number of nitriles is 2. The van der Waals surface area contributed by atoms with Crippen molar-refractivity contribution in [3.8, 4) is 51.7 Å². The first-order chi connectivity index (χ1) is 27.2. The molecule has 0 bridgehead atoms. The maximum absolute atomic E-state index is 10.8. The van der Waals surface area contributed by atoms with Crippen LogP contribution in [0.4, 0.5) is 0 Å². The molecule has 0 saturated heterocycles. The van der Waals surface area contributed by atoms with Crippen molar-refractivity contribution in [2.75, 3.05) is 0 Å². The second-order valence-corrected chi connectivity index (χ2v) is 14.7. The molecule has 0 spiro atoms. The summed E-state index contributed by atoms with van der Waals surface area (Å²) in [6.45, 7) is 0. The molecule has 0 aliphatic heterocycles. The molecule has 0 aliphatic rings. The van der Waals surface area contributed by atoms with Gasteiger partial charge in [0.25, 0.3) is 0 Å². The minimum atomic E-state index is 0.346. The number of thiophene rings is 1. The van der Waals surface area contributed by atoms with E-state index >= 15 is 0 Å². The van der Waals surface area contributed by atoms with Gasteiger partial charge >= 0.3 is 0 Å². The number of aromatic nitrogens is 3. The monoisotopic (exact) mass is 719 g/mol. The van der Waals surface area contributed by atoms with Gasteiger partial charge in [0, 0.05) is 64.5 Å². The highest BCUT2D eigenvalue weighted by Crippen LogP contribution is 2.41. The Morgan fingerprint density at radius 3 is 2.04 bits per heavy atom. The lowest BCUT2D eigenvalue weighted by atomic mass is 9.98. The summed E-state index contributed by atoms with van der Waals surface area (Å²) in [5.74, 6) is 0.507. The van der Waals surface area contributed by atoms with E-state index in [2.05, 4.69) is 83.4 Å². The molecule has 0 amide bonds. The van der Waals surface area contributed by atoms with Gasteiger partial charge in [-0.1, -0.05) is 103 Å². The van der Waals surface area contributed by atoms with E-state index in [4.69, 9.17) is 14.4 Å². The highest BCUT2D eigenvalue weighted by molar-refractivity contribution is 7.25. The third-order valence-electron chi connectivity index (χ3n) is 10.5. The maximum Gasteiger partial charge on any atom is 0.160 e. The molecule has 0 unspecified atom stereocenters. The molecule has 7 heteroatoms. The summed E-state index contributed by atoms with van der Waals surface area (Å²) in [5, 5.41) is 28.1. The van der Waals surface area contributed by atoms with E-state index in [0.717, 1.165) is 65.3 Å². The van der Waals surface area contributed by atoms with Gasteiger partial charge in [-0.2, -0.15) is 10.5 Å². The average molecular weight is 720 g/mol. The van der Waals surface area contributed by atoms with Crippen molar-refractivity contribution in [2.24, 2.45) is 0 Å². The van der Waals surface area contributed by atoms with Gasteiger partial charge < -0.3 is 8.98 Å². The van der Waals surface area contributed by atoms with Crippen LogP contribution < -0.4 is 0 Å². The molecule has 4 heterocycles. The van der Waals surface area contributed by atoms with E-state index in [1.165, 1.54) is 15.5 Å². The SMILES string of the molecule is N#Cc1cc(-c2nc(-c3ccc4c(c3)sc3ccccc34)nc(-c3ccccc3)c2C#N)ccc1-n1c2ccccc2c2cc3c(cc21)oc1ccccc13. The lowest BCUT2D eigenvalue weighted by Gasteiger charge is -2.14. The van der Waals surface area contributed by atoms with Gasteiger partial charge in [0.1, 0.15) is 28.9 Å². The number of benzene rings is 7. The molecule has 7 aromatic carbocycles. The normalized spacial score (nSPS) is 11.6. The van der Waals surface area contributed by atoms with Crippen LogP contribution in [0.1, 0.15) is 11.1 Å². The summed E-state index contributed by atoms with van der Waals surface area (Å²) in [6, 6.07) is 55.7. The minimum Gasteiger partial charge on any atom is -0.456 e. The molecule has 6 nitrogen and oxygen atoms in total. The van der Waals surface area contributed by atoms with Crippen molar-refractivity contribution in [1.82, 2.24) is 14.5 Å². The number of furan rings is 1. The summed E-state index contributed by atoms with van der Waals surface area (Å²) >= 11 is 1.74. The van der Waals surface area contributed by atoms with E-state index in [-0.39, 0.29) is 0 Å². The van der Waals surface area contributed by atoms with Gasteiger partial charge in [-0.25, -0.2) is 9.97 Å². The van der Waals surface area contributed by atoms with E-state index in [1.54, 1.807) is 11.3 Å². The lowest BCUT2D eigenvalue weighted by molar-refractivity contribution is 0.669. The van der Waals surface area contributed by atoms with E-state index < -0.39 is 0 Å². The molecule has 0 radical (unpaired) electrons. The fourth-order valence-electron chi connectivity index (χ4n) is 7.99. The van der Waals surface area contributed by atoms with Gasteiger partial charge in [0.05, 0.1) is 33.7 Å². The second kappa shape index (κ2) is 12.0. The Kier molecular flexibility index (Phi) is 6.75. The topological polar surface area (TPSA) is 91.4 Å². The zero-order valence-corrected chi connectivity index (χ0v) is 29.8. The molecule has 254 valence electrons. The number of hydrogen-bond acceptors (Lipinski definition) is 6. The Labute approximate surface area is 318 Å². The molecule has 0 saturated carbocycles. The average Bonchev–Trinajstić information content (AvgIpc) is 3.91. The van der Waals surface area contributed by atoms with Gasteiger partial charge in [0.15, 0.2) is 5.82 Å². The smallest absolute Gasteiger partial charge is 0.160 e. The van der Waals surface area contributed by atoms with Crippen LogP contribution >= 0.6 is 11.3 Å². The molecule has 0 atom stereocenters. The molecule has 0 N–H and O–H groups in total.